The van der Waals surface area contributed by atoms with Gasteiger partial charge in [0.15, 0.2) is 0 Å². The first-order valence-corrected chi connectivity index (χ1v) is 4.36. The molecule has 1 aromatic heterocycles. The van der Waals surface area contributed by atoms with Crippen LogP contribution in [0.1, 0.15) is 18.5 Å². The van der Waals surface area contributed by atoms with E-state index < -0.39 is 0 Å². The van der Waals surface area contributed by atoms with E-state index in [1.54, 1.807) is 0 Å². The van der Waals surface area contributed by atoms with E-state index in [9.17, 15) is 0 Å². The zero-order chi connectivity index (χ0) is 9.42. The van der Waals surface area contributed by atoms with Crippen molar-refractivity contribution < 1.29 is 0 Å². The molecule has 0 saturated heterocycles. The van der Waals surface area contributed by atoms with Crippen molar-refractivity contribution in [3.63, 3.8) is 0 Å². The van der Waals surface area contributed by atoms with Crippen LogP contribution in [0.15, 0.2) is 24.4 Å². The van der Waals surface area contributed by atoms with Gasteiger partial charge in [0.1, 0.15) is 0 Å². The maximum atomic E-state index is 5.78. The van der Waals surface area contributed by atoms with Crippen molar-refractivity contribution >= 4 is 23.3 Å². The number of nitrogens with zero attached hydrogens (tertiary/aromatic N) is 2. The predicted octanol–water partition coefficient (Wildman–Crippen LogP) is 2.01. The van der Waals surface area contributed by atoms with Crippen molar-refractivity contribution in [3.8, 4) is 0 Å². The van der Waals surface area contributed by atoms with Gasteiger partial charge in [0.2, 0.25) is 0 Å². The molecule has 0 amide bonds. The summed E-state index contributed by atoms with van der Waals surface area (Å²) in [6, 6.07) is 6.28. The molecule has 0 bridgehead atoms. The van der Waals surface area contributed by atoms with Gasteiger partial charge in [-0.2, -0.15) is 5.10 Å². The second kappa shape index (κ2) is 3.98. The minimum Gasteiger partial charge on any atom is -0.324 e. The van der Waals surface area contributed by atoms with E-state index in [1.807, 2.05) is 24.9 Å². The Morgan fingerprint density at radius 3 is 2.79 bits per heavy atom. The fourth-order valence-electron chi connectivity index (χ4n) is 1.47. The van der Waals surface area contributed by atoms with Crippen molar-refractivity contribution in [3.05, 3.63) is 30.0 Å². The third-order valence-corrected chi connectivity index (χ3v) is 2.30. The van der Waals surface area contributed by atoms with E-state index in [-0.39, 0.29) is 18.4 Å². The lowest BCUT2D eigenvalue weighted by Gasteiger charge is -2.04. The number of aryl methyl sites for hydroxylation is 1. The predicted molar refractivity (Wildman–Crippen MR) is 60.6 cm³/mol. The normalized spacial score (nSPS) is 12.5. The first-order chi connectivity index (χ1) is 6.18. The molecule has 1 heterocycles. The molecule has 0 aliphatic carbocycles. The van der Waals surface area contributed by atoms with E-state index >= 15 is 0 Å². The van der Waals surface area contributed by atoms with Gasteiger partial charge in [-0.25, -0.2) is 0 Å². The van der Waals surface area contributed by atoms with Crippen molar-refractivity contribution in [1.82, 2.24) is 9.78 Å². The van der Waals surface area contributed by atoms with Gasteiger partial charge in [0, 0.05) is 18.5 Å². The summed E-state index contributed by atoms with van der Waals surface area (Å²) in [5.74, 6) is 0. The zero-order valence-electron chi connectivity index (χ0n) is 8.27. The molecule has 0 aliphatic heterocycles. The number of halogens is 1. The quantitative estimate of drug-likeness (QED) is 0.785. The summed E-state index contributed by atoms with van der Waals surface area (Å²) in [5.41, 5.74) is 8.08. The topological polar surface area (TPSA) is 43.8 Å². The number of fused-ring (bicyclic) bond motifs is 1. The second-order valence-corrected chi connectivity index (χ2v) is 3.38. The Labute approximate surface area is 89.3 Å². The number of aromatic nitrogens is 2. The highest BCUT2D eigenvalue weighted by Gasteiger charge is 2.02. The summed E-state index contributed by atoms with van der Waals surface area (Å²) < 4.78 is 1.86. The molecule has 0 saturated carbocycles. The summed E-state index contributed by atoms with van der Waals surface area (Å²) in [6.45, 7) is 1.98. The van der Waals surface area contributed by atoms with Gasteiger partial charge < -0.3 is 5.73 Å². The summed E-state index contributed by atoms with van der Waals surface area (Å²) in [5, 5.41) is 5.32. The Kier molecular flexibility index (Phi) is 3.13. The van der Waals surface area contributed by atoms with Gasteiger partial charge in [-0.15, -0.1) is 12.4 Å². The molecular formula is C10H14ClN3. The molecule has 1 aromatic carbocycles. The summed E-state index contributed by atoms with van der Waals surface area (Å²) in [7, 11) is 1.94. The van der Waals surface area contributed by atoms with Crippen molar-refractivity contribution in [2.75, 3.05) is 0 Å². The van der Waals surface area contributed by atoms with Gasteiger partial charge in [0.25, 0.3) is 0 Å². The van der Waals surface area contributed by atoms with Crippen molar-refractivity contribution in [2.24, 2.45) is 12.8 Å². The first kappa shape index (κ1) is 11.0. The Morgan fingerprint density at radius 1 is 1.43 bits per heavy atom. The van der Waals surface area contributed by atoms with Gasteiger partial charge in [0.05, 0.1) is 11.7 Å². The van der Waals surface area contributed by atoms with Crippen LogP contribution >= 0.6 is 12.4 Å². The van der Waals surface area contributed by atoms with Crippen LogP contribution in [-0.2, 0) is 7.05 Å². The number of nitrogens with two attached hydrogens (primary N) is 1. The highest BCUT2D eigenvalue weighted by Crippen LogP contribution is 2.18. The smallest absolute Gasteiger partial charge is 0.0679 e. The Morgan fingerprint density at radius 2 is 2.14 bits per heavy atom. The maximum Gasteiger partial charge on any atom is 0.0679 e. The molecule has 3 nitrogen and oxygen atoms in total. The van der Waals surface area contributed by atoms with Crippen LogP contribution in [0.2, 0.25) is 0 Å². The summed E-state index contributed by atoms with van der Waals surface area (Å²) in [6.07, 6.45) is 1.86. The average molecular weight is 212 g/mol. The molecule has 14 heavy (non-hydrogen) atoms. The first-order valence-electron chi connectivity index (χ1n) is 4.36. The van der Waals surface area contributed by atoms with Gasteiger partial charge in [-0.1, -0.05) is 6.07 Å². The maximum absolute atomic E-state index is 5.78. The Balaban J connectivity index is 0.000000980. The molecule has 0 radical (unpaired) electrons. The minimum atomic E-state index is 0. The summed E-state index contributed by atoms with van der Waals surface area (Å²) >= 11 is 0. The van der Waals surface area contributed by atoms with Crippen LogP contribution in [0.4, 0.5) is 0 Å². The second-order valence-electron chi connectivity index (χ2n) is 3.38. The molecular weight excluding hydrogens is 198 g/mol. The third-order valence-electron chi connectivity index (χ3n) is 2.30. The highest BCUT2D eigenvalue weighted by atomic mass is 35.5. The van der Waals surface area contributed by atoms with E-state index in [1.165, 1.54) is 0 Å². The molecule has 2 N–H and O–H groups in total. The van der Waals surface area contributed by atoms with Crippen molar-refractivity contribution in [2.45, 2.75) is 13.0 Å². The number of benzene rings is 1. The Hall–Kier alpha value is -1.06. The van der Waals surface area contributed by atoms with Crippen LogP contribution in [0.5, 0.6) is 0 Å². The molecule has 2 aromatic rings. The number of hydrogen-bond donors (Lipinski definition) is 1. The van der Waals surface area contributed by atoms with Crippen molar-refractivity contribution in [1.29, 1.82) is 0 Å². The minimum absolute atomic E-state index is 0. The van der Waals surface area contributed by atoms with Crippen LogP contribution < -0.4 is 5.73 Å². The monoisotopic (exact) mass is 211 g/mol. The van der Waals surface area contributed by atoms with Crippen LogP contribution in [0.25, 0.3) is 10.9 Å². The fraction of sp³-hybridized carbons (Fsp3) is 0.300. The van der Waals surface area contributed by atoms with Crippen LogP contribution in [0.3, 0.4) is 0 Å². The largest absolute Gasteiger partial charge is 0.324 e. The molecule has 2 rings (SSSR count). The molecule has 0 unspecified atom stereocenters. The zero-order valence-corrected chi connectivity index (χ0v) is 9.08. The molecule has 0 spiro atoms. The fourth-order valence-corrected chi connectivity index (χ4v) is 1.47. The highest BCUT2D eigenvalue weighted by molar-refractivity contribution is 5.85. The molecule has 4 heteroatoms. The van der Waals surface area contributed by atoms with E-state index in [0.29, 0.717) is 0 Å². The lowest BCUT2D eigenvalue weighted by atomic mass is 10.1. The van der Waals surface area contributed by atoms with Gasteiger partial charge >= 0.3 is 0 Å². The van der Waals surface area contributed by atoms with Crippen LogP contribution in [0, 0.1) is 0 Å². The number of hydrogen-bond acceptors (Lipinski definition) is 2. The van der Waals surface area contributed by atoms with E-state index in [2.05, 4.69) is 23.3 Å². The SMILES string of the molecule is C[C@@H](N)c1ccc2c(cnn2C)c1.Cl. The lowest BCUT2D eigenvalue weighted by Crippen LogP contribution is -2.04. The van der Waals surface area contributed by atoms with E-state index in [0.717, 1.165) is 16.5 Å². The molecule has 76 valence electrons. The van der Waals surface area contributed by atoms with Crippen LogP contribution in [-0.4, -0.2) is 9.78 Å². The molecule has 1 atom stereocenters. The van der Waals surface area contributed by atoms with E-state index in [4.69, 9.17) is 5.73 Å². The van der Waals surface area contributed by atoms with Gasteiger partial charge in [-0.05, 0) is 24.6 Å². The standard InChI is InChI=1S/C10H13N3.ClH/c1-7(11)8-3-4-10-9(5-8)6-12-13(10)2;/h3-7H,11H2,1-2H3;1H/t7-;/m1./s1. The molecule has 0 fully saturated rings. The third kappa shape index (κ3) is 1.74. The average Bonchev–Trinajstić information content (AvgIpc) is 2.47. The lowest BCUT2D eigenvalue weighted by molar-refractivity contribution is 0.795. The Bertz CT molecular complexity index is 434. The van der Waals surface area contributed by atoms with Gasteiger partial charge in [-0.3, -0.25) is 4.68 Å². The molecule has 0 aliphatic rings. The number of rotatable bonds is 1. The summed E-state index contributed by atoms with van der Waals surface area (Å²) in [4.78, 5) is 0.